The van der Waals surface area contributed by atoms with Gasteiger partial charge in [-0.25, -0.2) is 15.0 Å². The van der Waals surface area contributed by atoms with Crippen LogP contribution in [0, 0.1) is 0 Å². The molecule has 54 heavy (non-hydrogen) atoms. The maximum absolute atomic E-state index is 6.65. The number of rotatable bonds is 5. The number of para-hydroxylation sites is 1. The molecule has 0 N–H and O–H groups in total. The summed E-state index contributed by atoms with van der Waals surface area (Å²) in [6, 6.07) is 63.4. The molecular formula is C49H30N4O. The number of hydrogen-bond donors (Lipinski definition) is 0. The summed E-state index contributed by atoms with van der Waals surface area (Å²) < 4.78 is 8.99. The molecule has 0 fully saturated rings. The van der Waals surface area contributed by atoms with E-state index in [4.69, 9.17) is 19.4 Å². The Morgan fingerprint density at radius 1 is 0.333 bits per heavy atom. The lowest BCUT2D eigenvalue weighted by Gasteiger charge is -2.09. The maximum atomic E-state index is 6.65. The molecule has 0 radical (unpaired) electrons. The van der Waals surface area contributed by atoms with Gasteiger partial charge in [0.2, 0.25) is 0 Å². The topological polar surface area (TPSA) is 56.7 Å². The maximum Gasteiger partial charge on any atom is 0.164 e. The van der Waals surface area contributed by atoms with Gasteiger partial charge in [-0.15, -0.1) is 0 Å². The zero-order valence-corrected chi connectivity index (χ0v) is 29.0. The summed E-state index contributed by atoms with van der Waals surface area (Å²) in [7, 11) is 0. The molecule has 0 saturated heterocycles. The molecule has 8 aromatic carbocycles. The lowest BCUT2D eigenvalue weighted by Crippen LogP contribution is -2.00. The van der Waals surface area contributed by atoms with Crippen molar-refractivity contribution in [2.24, 2.45) is 0 Å². The molecule has 0 atom stereocenters. The third kappa shape index (κ3) is 4.98. The monoisotopic (exact) mass is 690 g/mol. The fourth-order valence-corrected chi connectivity index (χ4v) is 7.77. The highest BCUT2D eigenvalue weighted by Gasteiger charge is 2.17. The summed E-state index contributed by atoms with van der Waals surface area (Å²) in [5.41, 5.74) is 10.0. The molecular weight excluding hydrogens is 661 g/mol. The normalized spacial score (nSPS) is 11.7. The Kier molecular flexibility index (Phi) is 6.79. The van der Waals surface area contributed by atoms with Crippen LogP contribution in [0.3, 0.4) is 0 Å². The molecule has 0 unspecified atom stereocenters. The Hall–Kier alpha value is -7.37. The summed E-state index contributed by atoms with van der Waals surface area (Å²) in [5, 5.41) is 7.02. The largest absolute Gasteiger partial charge is 0.456 e. The summed E-state index contributed by atoms with van der Waals surface area (Å²) in [6.07, 6.45) is 0. The van der Waals surface area contributed by atoms with Crippen molar-refractivity contribution in [1.82, 2.24) is 19.5 Å². The molecule has 11 aromatic rings. The van der Waals surface area contributed by atoms with Crippen LogP contribution in [0.25, 0.3) is 105 Å². The van der Waals surface area contributed by atoms with Gasteiger partial charge >= 0.3 is 0 Å². The van der Waals surface area contributed by atoms with Gasteiger partial charge in [0.05, 0.1) is 11.0 Å². The average molecular weight is 691 g/mol. The molecule has 252 valence electrons. The molecule has 0 aliphatic heterocycles. The summed E-state index contributed by atoms with van der Waals surface area (Å²) in [5.74, 6) is 1.83. The molecule has 3 heterocycles. The van der Waals surface area contributed by atoms with E-state index in [1.165, 1.54) is 32.6 Å². The van der Waals surface area contributed by atoms with Gasteiger partial charge < -0.3 is 8.98 Å². The number of hydrogen-bond acceptors (Lipinski definition) is 4. The van der Waals surface area contributed by atoms with E-state index in [9.17, 15) is 0 Å². The van der Waals surface area contributed by atoms with E-state index < -0.39 is 0 Å². The zero-order chi connectivity index (χ0) is 35.6. The minimum Gasteiger partial charge on any atom is -0.456 e. The highest BCUT2D eigenvalue weighted by Crippen LogP contribution is 2.38. The van der Waals surface area contributed by atoms with Crippen molar-refractivity contribution in [1.29, 1.82) is 0 Å². The van der Waals surface area contributed by atoms with Crippen LogP contribution in [-0.2, 0) is 0 Å². The van der Waals surface area contributed by atoms with E-state index in [2.05, 4.69) is 144 Å². The van der Waals surface area contributed by atoms with Gasteiger partial charge in [0.15, 0.2) is 17.5 Å². The molecule has 0 aliphatic carbocycles. The number of aromatic nitrogens is 4. The van der Waals surface area contributed by atoms with E-state index in [-0.39, 0.29) is 0 Å². The molecule has 0 spiro atoms. The van der Waals surface area contributed by atoms with Crippen molar-refractivity contribution in [2.75, 3.05) is 0 Å². The van der Waals surface area contributed by atoms with E-state index in [1.54, 1.807) is 0 Å². The molecule has 0 bridgehead atoms. The highest BCUT2D eigenvalue weighted by molar-refractivity contribution is 6.14. The molecule has 0 aliphatic rings. The minimum atomic E-state index is 0.589. The first-order chi connectivity index (χ1) is 26.7. The lowest BCUT2D eigenvalue weighted by molar-refractivity contribution is 0.668. The molecule has 0 amide bonds. The quantitative estimate of drug-likeness (QED) is 0.180. The van der Waals surface area contributed by atoms with Crippen LogP contribution in [-0.4, -0.2) is 19.5 Å². The minimum absolute atomic E-state index is 0.589. The Balaban J connectivity index is 1.03. The summed E-state index contributed by atoms with van der Waals surface area (Å²) >= 11 is 0. The summed E-state index contributed by atoms with van der Waals surface area (Å²) in [6.45, 7) is 0. The standard InChI is InChI=1S/C49H30N4O/c1-3-11-31(12-4-1)32-19-21-34(22-20-32)48-50-47(33-13-5-2-6-14-33)51-49(52-48)37-23-25-40-41-26-24-38(30-46(41)54-45(40)29-37)53-43-18-10-9-17-39(43)42-27-35-15-7-8-16-36(35)28-44(42)53/h1-30H. The van der Waals surface area contributed by atoms with Crippen molar-refractivity contribution >= 4 is 54.5 Å². The number of fused-ring (bicyclic) bond motifs is 7. The zero-order valence-electron chi connectivity index (χ0n) is 29.0. The van der Waals surface area contributed by atoms with Gasteiger partial charge in [0, 0.05) is 50.0 Å². The van der Waals surface area contributed by atoms with Gasteiger partial charge in [0.25, 0.3) is 0 Å². The van der Waals surface area contributed by atoms with E-state index in [0.717, 1.165) is 55.4 Å². The van der Waals surface area contributed by atoms with Crippen LogP contribution in [0.5, 0.6) is 0 Å². The van der Waals surface area contributed by atoms with Crippen molar-refractivity contribution < 1.29 is 4.42 Å². The average Bonchev–Trinajstić information content (AvgIpc) is 3.77. The van der Waals surface area contributed by atoms with Gasteiger partial charge in [-0.2, -0.15) is 0 Å². The third-order valence-electron chi connectivity index (χ3n) is 10.4. The first-order valence-electron chi connectivity index (χ1n) is 18.1. The van der Waals surface area contributed by atoms with Crippen LogP contribution in [0.4, 0.5) is 0 Å². The van der Waals surface area contributed by atoms with Gasteiger partial charge in [-0.3, -0.25) is 0 Å². The number of furan rings is 1. The predicted octanol–water partition coefficient (Wildman–Crippen LogP) is 12.7. The van der Waals surface area contributed by atoms with Crippen molar-refractivity contribution in [3.05, 3.63) is 182 Å². The Labute approximate surface area is 310 Å². The SMILES string of the molecule is c1ccc(-c2ccc(-c3nc(-c4ccccc4)nc(-c4ccc5c(c4)oc4cc(-n6c7ccccc7c7cc8ccccc8cc76)ccc45)n3)cc2)cc1. The Morgan fingerprint density at radius 3 is 1.59 bits per heavy atom. The smallest absolute Gasteiger partial charge is 0.164 e. The number of nitrogens with zero attached hydrogens (tertiary/aromatic N) is 4. The highest BCUT2D eigenvalue weighted by atomic mass is 16.3. The van der Waals surface area contributed by atoms with Crippen molar-refractivity contribution in [3.8, 4) is 51.0 Å². The van der Waals surface area contributed by atoms with Gasteiger partial charge in [0.1, 0.15) is 11.2 Å². The molecule has 11 rings (SSSR count). The van der Waals surface area contributed by atoms with E-state index in [1.807, 2.05) is 42.5 Å². The van der Waals surface area contributed by atoms with Gasteiger partial charge in [-0.05, 0) is 64.4 Å². The summed E-state index contributed by atoms with van der Waals surface area (Å²) in [4.78, 5) is 15.0. The molecule has 5 heteroatoms. The van der Waals surface area contributed by atoms with Crippen molar-refractivity contribution in [3.63, 3.8) is 0 Å². The van der Waals surface area contributed by atoms with Crippen LogP contribution < -0.4 is 0 Å². The fraction of sp³-hybridized carbons (Fsp3) is 0. The van der Waals surface area contributed by atoms with Crippen LogP contribution in [0.1, 0.15) is 0 Å². The first kappa shape index (κ1) is 30.3. The van der Waals surface area contributed by atoms with E-state index >= 15 is 0 Å². The van der Waals surface area contributed by atoms with Crippen LogP contribution in [0.15, 0.2) is 186 Å². The third-order valence-corrected chi connectivity index (χ3v) is 10.4. The first-order valence-corrected chi connectivity index (χ1v) is 18.1. The van der Waals surface area contributed by atoms with Crippen LogP contribution >= 0.6 is 0 Å². The second-order valence-electron chi connectivity index (χ2n) is 13.7. The van der Waals surface area contributed by atoms with E-state index in [0.29, 0.717) is 17.5 Å². The molecule has 0 saturated carbocycles. The second kappa shape index (κ2) is 12.1. The Morgan fingerprint density at radius 2 is 0.852 bits per heavy atom. The van der Waals surface area contributed by atoms with Gasteiger partial charge in [-0.1, -0.05) is 133 Å². The predicted molar refractivity (Wildman–Crippen MR) is 221 cm³/mol. The lowest BCUT2D eigenvalue weighted by atomic mass is 10.0. The second-order valence-corrected chi connectivity index (χ2v) is 13.7. The fourth-order valence-electron chi connectivity index (χ4n) is 7.77. The van der Waals surface area contributed by atoms with Crippen LogP contribution in [0.2, 0.25) is 0 Å². The Bertz CT molecular complexity index is 3200. The molecule has 3 aromatic heterocycles. The molecule has 5 nitrogen and oxygen atoms in total. The van der Waals surface area contributed by atoms with Crippen molar-refractivity contribution in [2.45, 2.75) is 0 Å². The number of benzene rings is 8.